The Bertz CT molecular complexity index is 622. The Morgan fingerprint density at radius 2 is 2.14 bits per heavy atom. The number of nitrogens with one attached hydrogen (secondary N) is 2. The number of carbonyl (C=O) groups excluding carboxylic acids is 1. The second-order valence-corrected chi connectivity index (χ2v) is 5.58. The van der Waals surface area contributed by atoms with Gasteiger partial charge in [0.05, 0.1) is 17.5 Å². The number of benzene rings is 1. The van der Waals surface area contributed by atoms with Crippen molar-refractivity contribution in [1.82, 2.24) is 5.32 Å². The fourth-order valence-electron chi connectivity index (χ4n) is 1.82. The lowest BCUT2D eigenvalue weighted by molar-refractivity contribution is -0.385. The molecule has 0 aliphatic rings. The number of hydrogen-bond donors (Lipinski definition) is 2. The number of nitro benzene ring substituents is 1. The van der Waals surface area contributed by atoms with Crippen molar-refractivity contribution in [3.05, 3.63) is 33.9 Å². The molecule has 1 unspecified atom stereocenters. The first-order valence-electron chi connectivity index (χ1n) is 6.91. The number of carbonyl (C=O) groups is 1. The third-order valence-electron chi connectivity index (χ3n) is 3.73. The molecule has 1 aromatic carbocycles. The predicted molar refractivity (Wildman–Crippen MR) is 83.3 cm³/mol. The highest BCUT2D eigenvalue weighted by Gasteiger charge is 2.29. The van der Waals surface area contributed by atoms with Crippen molar-refractivity contribution >= 4 is 17.3 Å². The Morgan fingerprint density at radius 3 is 2.64 bits per heavy atom. The van der Waals surface area contributed by atoms with Crippen LogP contribution in [0.25, 0.3) is 0 Å². The Labute approximate surface area is 129 Å². The zero-order chi connectivity index (χ0) is 16.9. The first-order valence-corrected chi connectivity index (χ1v) is 6.91. The highest BCUT2D eigenvalue weighted by atomic mass is 16.6. The number of nitro groups is 1. The van der Waals surface area contributed by atoms with Crippen molar-refractivity contribution in [1.29, 1.82) is 5.26 Å². The van der Waals surface area contributed by atoms with E-state index >= 15 is 0 Å². The summed E-state index contributed by atoms with van der Waals surface area (Å²) in [6.45, 7) is 6.91. The van der Waals surface area contributed by atoms with E-state index in [2.05, 4.69) is 16.7 Å². The predicted octanol–water partition coefficient (Wildman–Crippen LogP) is 2.37. The molecule has 7 heteroatoms. The van der Waals surface area contributed by atoms with Gasteiger partial charge in [-0.3, -0.25) is 14.9 Å². The van der Waals surface area contributed by atoms with Crippen molar-refractivity contribution in [3.8, 4) is 6.07 Å². The lowest BCUT2D eigenvalue weighted by Crippen LogP contribution is -2.50. The quantitative estimate of drug-likeness (QED) is 0.619. The van der Waals surface area contributed by atoms with Gasteiger partial charge in [0.1, 0.15) is 5.54 Å². The van der Waals surface area contributed by atoms with Gasteiger partial charge in [0.2, 0.25) is 5.91 Å². The second-order valence-electron chi connectivity index (χ2n) is 5.58. The van der Waals surface area contributed by atoms with Gasteiger partial charge in [-0.15, -0.1) is 0 Å². The molecule has 0 fully saturated rings. The Kier molecular flexibility index (Phi) is 5.46. The molecule has 1 rings (SSSR count). The molecule has 0 bridgehead atoms. The minimum atomic E-state index is -0.948. The summed E-state index contributed by atoms with van der Waals surface area (Å²) in [6.07, 6.45) is 0. The lowest BCUT2D eigenvalue weighted by Gasteiger charge is -2.27. The number of nitriles is 1. The molecule has 0 aliphatic carbocycles. The molecule has 0 spiro atoms. The van der Waals surface area contributed by atoms with Crippen LogP contribution in [0.3, 0.4) is 0 Å². The van der Waals surface area contributed by atoms with E-state index in [1.165, 1.54) is 6.07 Å². The smallest absolute Gasteiger partial charge is 0.274 e. The van der Waals surface area contributed by atoms with Crippen molar-refractivity contribution in [2.75, 3.05) is 11.9 Å². The van der Waals surface area contributed by atoms with E-state index in [-0.39, 0.29) is 24.1 Å². The molecule has 7 nitrogen and oxygen atoms in total. The topological polar surface area (TPSA) is 108 Å². The Hall–Kier alpha value is -2.62. The van der Waals surface area contributed by atoms with Crippen LogP contribution < -0.4 is 10.6 Å². The van der Waals surface area contributed by atoms with Crippen LogP contribution >= 0.6 is 0 Å². The fraction of sp³-hybridized carbons (Fsp3) is 0.467. The molecule has 1 aromatic rings. The third-order valence-corrected chi connectivity index (χ3v) is 3.73. The average Bonchev–Trinajstić information content (AvgIpc) is 2.45. The van der Waals surface area contributed by atoms with Crippen LogP contribution in [0.2, 0.25) is 0 Å². The maximum atomic E-state index is 12.0. The molecule has 0 aromatic heterocycles. The summed E-state index contributed by atoms with van der Waals surface area (Å²) in [6, 6.07) is 6.72. The summed E-state index contributed by atoms with van der Waals surface area (Å²) in [7, 11) is 0. The second kappa shape index (κ2) is 6.89. The maximum absolute atomic E-state index is 12.0. The molecule has 2 N–H and O–H groups in total. The molecular formula is C15H20N4O3. The minimum absolute atomic E-state index is 0.00514. The highest BCUT2D eigenvalue weighted by Crippen LogP contribution is 2.24. The number of nitrogens with zero attached hydrogens (tertiary/aromatic N) is 2. The molecule has 0 saturated heterocycles. The number of rotatable bonds is 6. The average molecular weight is 304 g/mol. The van der Waals surface area contributed by atoms with E-state index in [0.717, 1.165) is 0 Å². The summed E-state index contributed by atoms with van der Waals surface area (Å²) in [5, 5.41) is 25.6. The standard InChI is InChI=1S/C15H20N4O3/c1-10(2)15(4,9-16)18-14(20)8-17-12-6-5-7-13(11(12)3)19(21)22/h5-7,10,17H,8H2,1-4H3,(H,18,20). The summed E-state index contributed by atoms with van der Waals surface area (Å²) in [5.74, 6) is -0.385. The summed E-state index contributed by atoms with van der Waals surface area (Å²) >= 11 is 0. The van der Waals surface area contributed by atoms with Gasteiger partial charge in [0.15, 0.2) is 0 Å². The number of anilines is 1. The van der Waals surface area contributed by atoms with Crippen LogP contribution in [0.4, 0.5) is 11.4 Å². The van der Waals surface area contributed by atoms with Gasteiger partial charge < -0.3 is 10.6 Å². The fourth-order valence-corrected chi connectivity index (χ4v) is 1.82. The molecule has 1 atom stereocenters. The molecule has 0 aliphatic heterocycles. The molecule has 0 radical (unpaired) electrons. The van der Waals surface area contributed by atoms with Crippen molar-refractivity contribution in [3.63, 3.8) is 0 Å². The maximum Gasteiger partial charge on any atom is 0.274 e. The first kappa shape index (κ1) is 17.4. The van der Waals surface area contributed by atoms with Crippen LogP contribution in [-0.2, 0) is 4.79 Å². The van der Waals surface area contributed by atoms with Crippen LogP contribution in [0.5, 0.6) is 0 Å². The van der Waals surface area contributed by atoms with E-state index in [1.807, 2.05) is 13.8 Å². The van der Waals surface area contributed by atoms with Crippen molar-refractivity contribution in [2.45, 2.75) is 33.2 Å². The first-order chi connectivity index (χ1) is 10.2. The van der Waals surface area contributed by atoms with Crippen molar-refractivity contribution < 1.29 is 9.72 Å². The van der Waals surface area contributed by atoms with Gasteiger partial charge in [-0.1, -0.05) is 19.9 Å². The zero-order valence-electron chi connectivity index (χ0n) is 13.1. The minimum Gasteiger partial charge on any atom is -0.376 e. The normalized spacial score (nSPS) is 13.1. The van der Waals surface area contributed by atoms with E-state index in [1.54, 1.807) is 26.0 Å². The Balaban J connectivity index is 2.76. The van der Waals surface area contributed by atoms with E-state index in [0.29, 0.717) is 11.3 Å². The number of amides is 1. The molecule has 118 valence electrons. The van der Waals surface area contributed by atoms with Gasteiger partial charge in [-0.25, -0.2) is 0 Å². The molecule has 1 amide bonds. The zero-order valence-corrected chi connectivity index (χ0v) is 13.1. The van der Waals surface area contributed by atoms with Gasteiger partial charge in [0.25, 0.3) is 5.69 Å². The molecular weight excluding hydrogens is 284 g/mol. The Morgan fingerprint density at radius 1 is 1.50 bits per heavy atom. The van der Waals surface area contributed by atoms with Gasteiger partial charge in [0, 0.05) is 17.3 Å². The van der Waals surface area contributed by atoms with Gasteiger partial charge in [-0.2, -0.15) is 5.26 Å². The summed E-state index contributed by atoms with van der Waals surface area (Å²) in [5.41, 5.74) is 0.0328. The van der Waals surface area contributed by atoms with Crippen molar-refractivity contribution in [2.24, 2.45) is 5.92 Å². The lowest BCUT2D eigenvalue weighted by atomic mass is 9.90. The third kappa shape index (κ3) is 3.95. The monoisotopic (exact) mass is 304 g/mol. The summed E-state index contributed by atoms with van der Waals surface area (Å²) in [4.78, 5) is 22.4. The highest BCUT2D eigenvalue weighted by molar-refractivity contribution is 5.82. The largest absolute Gasteiger partial charge is 0.376 e. The van der Waals surface area contributed by atoms with E-state index in [9.17, 15) is 20.2 Å². The molecule has 22 heavy (non-hydrogen) atoms. The van der Waals surface area contributed by atoms with Crippen LogP contribution in [0, 0.1) is 34.3 Å². The molecule has 0 heterocycles. The number of hydrogen-bond acceptors (Lipinski definition) is 5. The van der Waals surface area contributed by atoms with Gasteiger partial charge >= 0.3 is 0 Å². The summed E-state index contributed by atoms with van der Waals surface area (Å²) < 4.78 is 0. The molecule has 0 saturated carbocycles. The van der Waals surface area contributed by atoms with Crippen LogP contribution in [0.15, 0.2) is 18.2 Å². The van der Waals surface area contributed by atoms with Crippen LogP contribution in [0.1, 0.15) is 26.3 Å². The van der Waals surface area contributed by atoms with Crippen LogP contribution in [-0.4, -0.2) is 22.9 Å². The van der Waals surface area contributed by atoms with E-state index < -0.39 is 10.5 Å². The SMILES string of the molecule is Cc1c(NCC(=O)NC(C)(C#N)C(C)C)cccc1[N+](=O)[O-]. The van der Waals surface area contributed by atoms with E-state index in [4.69, 9.17) is 0 Å². The van der Waals surface area contributed by atoms with Gasteiger partial charge in [-0.05, 0) is 25.8 Å².